The van der Waals surface area contributed by atoms with E-state index in [9.17, 15) is 4.79 Å². The second-order valence-corrected chi connectivity index (χ2v) is 11.0. The number of rotatable bonds is 13. The first-order chi connectivity index (χ1) is 16.2. The second kappa shape index (κ2) is 14.8. The maximum absolute atomic E-state index is 12.7. The van der Waals surface area contributed by atoms with E-state index in [0.29, 0.717) is 5.75 Å². The van der Waals surface area contributed by atoms with Gasteiger partial charge >= 0.3 is 5.97 Å². The molecule has 2 aliphatic rings. The molecular formula is C30H49NO2. The van der Waals surface area contributed by atoms with Crippen LogP contribution in [0.1, 0.15) is 129 Å². The molecule has 33 heavy (non-hydrogen) atoms. The molecule has 0 atom stereocenters. The van der Waals surface area contributed by atoms with Crippen LogP contribution in [-0.4, -0.2) is 11.0 Å². The van der Waals surface area contributed by atoms with Crippen LogP contribution in [0.4, 0.5) is 0 Å². The van der Waals surface area contributed by atoms with Crippen LogP contribution < -0.4 is 4.74 Å². The molecule has 0 unspecified atom stereocenters. The van der Waals surface area contributed by atoms with Gasteiger partial charge in [-0.2, -0.15) is 0 Å². The Balaban J connectivity index is 1.28. The van der Waals surface area contributed by atoms with Crippen LogP contribution in [0.25, 0.3) is 0 Å². The van der Waals surface area contributed by atoms with Crippen LogP contribution in [0.2, 0.25) is 0 Å². The number of unbranched alkanes of at least 4 members (excludes halogenated alkanes) is 4. The molecule has 0 spiro atoms. The highest BCUT2D eigenvalue weighted by molar-refractivity contribution is 5.75. The van der Waals surface area contributed by atoms with Crippen LogP contribution in [0, 0.1) is 23.7 Å². The molecule has 0 aliphatic heterocycles. The molecule has 0 saturated heterocycles. The molecule has 1 aromatic rings. The minimum absolute atomic E-state index is 0.0459. The largest absolute Gasteiger partial charge is 0.425 e. The van der Waals surface area contributed by atoms with E-state index in [1.54, 1.807) is 6.20 Å². The van der Waals surface area contributed by atoms with E-state index < -0.39 is 0 Å². The summed E-state index contributed by atoms with van der Waals surface area (Å²) in [5, 5.41) is 0. The Labute approximate surface area is 203 Å². The lowest BCUT2D eigenvalue weighted by atomic mass is 9.75. The van der Waals surface area contributed by atoms with Crippen LogP contribution in [-0.2, 0) is 11.2 Å². The monoisotopic (exact) mass is 455 g/mol. The van der Waals surface area contributed by atoms with Crippen molar-refractivity contribution in [3.63, 3.8) is 0 Å². The van der Waals surface area contributed by atoms with Crippen molar-refractivity contribution in [3.05, 3.63) is 24.0 Å². The van der Waals surface area contributed by atoms with Crippen molar-refractivity contribution >= 4 is 5.97 Å². The van der Waals surface area contributed by atoms with E-state index >= 15 is 0 Å². The Morgan fingerprint density at radius 2 is 1.36 bits per heavy atom. The zero-order valence-corrected chi connectivity index (χ0v) is 21.5. The van der Waals surface area contributed by atoms with Gasteiger partial charge in [0.05, 0.1) is 12.1 Å². The standard InChI is InChI=1S/C30H49NO2/c1-3-5-7-9-24-11-13-25(14-12-24)15-16-26-17-19-27(20-18-26)30(32)33-29-22-21-28(31-23-29)10-8-6-4-2/h21-27H,3-20H2,1-2H3. The fourth-order valence-electron chi connectivity index (χ4n) is 6.02. The van der Waals surface area contributed by atoms with Crippen molar-refractivity contribution in [2.75, 3.05) is 0 Å². The van der Waals surface area contributed by atoms with Gasteiger partial charge in [0.25, 0.3) is 0 Å². The maximum Gasteiger partial charge on any atom is 0.314 e. The summed E-state index contributed by atoms with van der Waals surface area (Å²) in [7, 11) is 0. The molecule has 186 valence electrons. The third-order valence-electron chi connectivity index (χ3n) is 8.40. The highest BCUT2D eigenvalue weighted by Crippen LogP contribution is 2.38. The van der Waals surface area contributed by atoms with Crippen LogP contribution in [0.15, 0.2) is 18.3 Å². The highest BCUT2D eigenvalue weighted by Gasteiger charge is 2.29. The lowest BCUT2D eigenvalue weighted by molar-refractivity contribution is -0.140. The lowest BCUT2D eigenvalue weighted by Gasteiger charge is -2.31. The third kappa shape index (κ3) is 9.41. The quantitative estimate of drug-likeness (QED) is 0.220. The third-order valence-corrected chi connectivity index (χ3v) is 8.40. The summed E-state index contributed by atoms with van der Waals surface area (Å²) in [5.41, 5.74) is 1.09. The van der Waals surface area contributed by atoms with Gasteiger partial charge in [-0.1, -0.05) is 90.9 Å². The van der Waals surface area contributed by atoms with Crippen LogP contribution in [0.3, 0.4) is 0 Å². The first kappa shape index (κ1) is 26.2. The number of ether oxygens (including phenoxy) is 1. The van der Waals surface area contributed by atoms with E-state index in [0.717, 1.165) is 42.7 Å². The van der Waals surface area contributed by atoms with Gasteiger partial charge in [-0.3, -0.25) is 9.78 Å². The molecule has 2 fully saturated rings. The Hall–Kier alpha value is -1.38. The number of esters is 1. The first-order valence-corrected chi connectivity index (χ1v) is 14.3. The van der Waals surface area contributed by atoms with E-state index in [-0.39, 0.29) is 11.9 Å². The van der Waals surface area contributed by atoms with E-state index in [1.165, 1.54) is 96.3 Å². The summed E-state index contributed by atoms with van der Waals surface area (Å²) in [4.78, 5) is 17.1. The Kier molecular flexibility index (Phi) is 11.8. The fourth-order valence-corrected chi connectivity index (χ4v) is 6.02. The molecule has 1 heterocycles. The summed E-state index contributed by atoms with van der Waals surface area (Å²) in [6, 6.07) is 3.92. The lowest BCUT2D eigenvalue weighted by Crippen LogP contribution is -2.26. The highest BCUT2D eigenvalue weighted by atomic mass is 16.5. The topological polar surface area (TPSA) is 39.2 Å². The molecular weight excluding hydrogens is 406 g/mol. The molecule has 0 amide bonds. The average molecular weight is 456 g/mol. The van der Waals surface area contributed by atoms with Gasteiger partial charge in [-0.15, -0.1) is 0 Å². The minimum atomic E-state index is -0.0459. The van der Waals surface area contributed by atoms with Gasteiger partial charge in [-0.25, -0.2) is 0 Å². The molecule has 3 nitrogen and oxygen atoms in total. The second-order valence-electron chi connectivity index (χ2n) is 11.0. The van der Waals surface area contributed by atoms with Gasteiger partial charge in [-0.05, 0) is 68.4 Å². The number of carbonyl (C=O) groups excluding carboxylic acids is 1. The summed E-state index contributed by atoms with van der Waals surface area (Å²) < 4.78 is 5.67. The van der Waals surface area contributed by atoms with Crippen molar-refractivity contribution in [1.82, 2.24) is 4.98 Å². The molecule has 0 N–H and O–H groups in total. The van der Waals surface area contributed by atoms with E-state index in [1.807, 2.05) is 12.1 Å². The number of aromatic nitrogens is 1. The first-order valence-electron chi connectivity index (χ1n) is 14.3. The van der Waals surface area contributed by atoms with Gasteiger partial charge in [0.1, 0.15) is 5.75 Å². The van der Waals surface area contributed by atoms with Crippen molar-refractivity contribution in [1.29, 1.82) is 0 Å². The van der Waals surface area contributed by atoms with Crippen molar-refractivity contribution < 1.29 is 9.53 Å². The Morgan fingerprint density at radius 3 is 1.94 bits per heavy atom. The number of hydrogen-bond donors (Lipinski definition) is 0. The molecule has 3 rings (SSSR count). The SMILES string of the molecule is CCCCCc1ccc(OC(=O)C2CCC(CCC3CCC(CCCCC)CC3)CC2)cn1. The normalized spacial score (nSPS) is 25.6. The van der Waals surface area contributed by atoms with E-state index in [2.05, 4.69) is 18.8 Å². The molecule has 1 aromatic heterocycles. The van der Waals surface area contributed by atoms with Gasteiger partial charge < -0.3 is 4.74 Å². The predicted molar refractivity (Wildman–Crippen MR) is 137 cm³/mol. The van der Waals surface area contributed by atoms with Crippen molar-refractivity contribution in [2.24, 2.45) is 23.7 Å². The predicted octanol–water partition coefficient (Wildman–Crippen LogP) is 8.69. The summed E-state index contributed by atoms with van der Waals surface area (Å²) in [6.45, 7) is 4.52. The van der Waals surface area contributed by atoms with Crippen molar-refractivity contribution in [3.8, 4) is 5.75 Å². The zero-order chi connectivity index (χ0) is 23.3. The number of aryl methyl sites for hydroxylation is 1. The molecule has 2 aliphatic carbocycles. The van der Waals surface area contributed by atoms with Crippen molar-refractivity contribution in [2.45, 2.75) is 129 Å². The summed E-state index contributed by atoms with van der Waals surface area (Å²) in [6.07, 6.45) is 25.1. The fraction of sp³-hybridized carbons (Fsp3) is 0.800. The molecule has 0 radical (unpaired) electrons. The van der Waals surface area contributed by atoms with E-state index in [4.69, 9.17) is 4.74 Å². The average Bonchev–Trinajstić information content (AvgIpc) is 2.85. The Morgan fingerprint density at radius 1 is 0.788 bits per heavy atom. The summed E-state index contributed by atoms with van der Waals surface area (Å²) in [5.74, 6) is 3.43. The number of carbonyl (C=O) groups is 1. The number of pyridine rings is 1. The van der Waals surface area contributed by atoms with Crippen LogP contribution >= 0.6 is 0 Å². The minimum Gasteiger partial charge on any atom is -0.425 e. The van der Waals surface area contributed by atoms with Gasteiger partial charge in [0.15, 0.2) is 0 Å². The molecule has 3 heteroatoms. The maximum atomic E-state index is 12.7. The molecule has 0 bridgehead atoms. The zero-order valence-electron chi connectivity index (χ0n) is 21.5. The van der Waals surface area contributed by atoms with Crippen LogP contribution in [0.5, 0.6) is 5.75 Å². The van der Waals surface area contributed by atoms with Gasteiger partial charge in [0, 0.05) is 5.69 Å². The molecule has 2 saturated carbocycles. The number of nitrogens with zero attached hydrogens (tertiary/aromatic N) is 1. The smallest absolute Gasteiger partial charge is 0.314 e. The van der Waals surface area contributed by atoms with Gasteiger partial charge in [0.2, 0.25) is 0 Å². The summed E-state index contributed by atoms with van der Waals surface area (Å²) >= 11 is 0. The number of hydrogen-bond acceptors (Lipinski definition) is 3. The Bertz CT molecular complexity index is 654. The molecule has 0 aromatic carbocycles.